The highest BCUT2D eigenvalue weighted by atomic mass is 32.2. The molecule has 1 aliphatic rings. The van der Waals surface area contributed by atoms with Gasteiger partial charge in [-0.3, -0.25) is 10.1 Å². The van der Waals surface area contributed by atoms with E-state index in [9.17, 15) is 22.9 Å². The minimum absolute atomic E-state index is 0.0511. The van der Waals surface area contributed by atoms with Crippen LogP contribution in [-0.2, 0) is 10.0 Å². The second-order valence-corrected chi connectivity index (χ2v) is 6.74. The Kier molecular flexibility index (Phi) is 4.55. The van der Waals surface area contributed by atoms with Gasteiger partial charge in [-0.2, -0.15) is 4.39 Å². The van der Waals surface area contributed by atoms with Gasteiger partial charge in [-0.25, -0.2) is 13.1 Å². The van der Waals surface area contributed by atoms with Gasteiger partial charge >= 0.3 is 5.69 Å². The van der Waals surface area contributed by atoms with Crippen molar-refractivity contribution in [3.8, 4) is 0 Å². The number of hydrogen-bond donors (Lipinski definition) is 2. The first-order chi connectivity index (χ1) is 9.85. The van der Waals surface area contributed by atoms with Gasteiger partial charge in [0.2, 0.25) is 15.8 Å². The number of nitrogens with two attached hydrogens (primary N) is 1. The molecule has 0 saturated heterocycles. The third kappa shape index (κ3) is 3.36. The second kappa shape index (κ2) is 6.04. The largest absolute Gasteiger partial charge is 0.330 e. The summed E-state index contributed by atoms with van der Waals surface area (Å²) in [6.45, 7) is 0.372. The molecule has 0 aliphatic heterocycles. The molecule has 116 valence electrons. The lowest BCUT2D eigenvalue weighted by Crippen LogP contribution is -2.39. The summed E-state index contributed by atoms with van der Waals surface area (Å²) in [5.74, 6) is -1.02. The van der Waals surface area contributed by atoms with Crippen LogP contribution < -0.4 is 10.5 Å². The van der Waals surface area contributed by atoms with Crippen LogP contribution in [0.4, 0.5) is 10.1 Å². The Hall–Kier alpha value is -1.58. The topological polar surface area (TPSA) is 115 Å². The van der Waals surface area contributed by atoms with Crippen LogP contribution in [0.3, 0.4) is 0 Å². The maximum atomic E-state index is 13.3. The van der Waals surface area contributed by atoms with Crippen LogP contribution in [-0.4, -0.2) is 25.9 Å². The molecule has 0 amide bonds. The lowest BCUT2D eigenvalue weighted by Gasteiger charge is -2.19. The molecule has 2 atom stereocenters. The van der Waals surface area contributed by atoms with Crippen LogP contribution in [0.15, 0.2) is 23.1 Å². The molecule has 1 fully saturated rings. The number of nitro benzene ring substituents is 1. The molecule has 7 nitrogen and oxygen atoms in total. The fraction of sp³-hybridized carbons (Fsp3) is 0.500. The number of nitrogens with one attached hydrogen (secondary N) is 1. The van der Waals surface area contributed by atoms with Crippen molar-refractivity contribution in [1.29, 1.82) is 0 Å². The van der Waals surface area contributed by atoms with Crippen molar-refractivity contribution in [2.45, 2.75) is 30.2 Å². The zero-order valence-electron chi connectivity index (χ0n) is 11.2. The molecule has 0 bridgehead atoms. The molecular formula is C12H16FN3O4S. The third-order valence-corrected chi connectivity index (χ3v) is 5.18. The fourth-order valence-corrected chi connectivity index (χ4v) is 3.90. The maximum Gasteiger partial charge on any atom is 0.306 e. The monoisotopic (exact) mass is 317 g/mol. The number of benzene rings is 1. The summed E-state index contributed by atoms with van der Waals surface area (Å²) in [4.78, 5) is 9.40. The van der Waals surface area contributed by atoms with Crippen molar-refractivity contribution < 1.29 is 17.7 Å². The highest BCUT2D eigenvalue weighted by Gasteiger charge is 2.31. The Labute approximate surface area is 121 Å². The summed E-state index contributed by atoms with van der Waals surface area (Å²) in [6.07, 6.45) is 2.39. The lowest BCUT2D eigenvalue weighted by molar-refractivity contribution is -0.387. The van der Waals surface area contributed by atoms with Gasteiger partial charge in [0, 0.05) is 12.1 Å². The first-order valence-corrected chi connectivity index (χ1v) is 8.00. The van der Waals surface area contributed by atoms with Crippen molar-refractivity contribution in [3.05, 3.63) is 34.1 Å². The predicted molar refractivity (Wildman–Crippen MR) is 73.6 cm³/mol. The SMILES string of the molecule is NCC1CCCC1NS(=O)(=O)c1ccc(F)c([N+](=O)[O-])c1. The van der Waals surface area contributed by atoms with Gasteiger partial charge in [0.15, 0.2) is 0 Å². The van der Waals surface area contributed by atoms with E-state index in [4.69, 9.17) is 5.73 Å². The molecule has 21 heavy (non-hydrogen) atoms. The summed E-state index contributed by atoms with van der Waals surface area (Å²) >= 11 is 0. The molecule has 0 spiro atoms. The van der Waals surface area contributed by atoms with Crippen LogP contribution >= 0.6 is 0 Å². The summed E-state index contributed by atoms with van der Waals surface area (Å²) in [5.41, 5.74) is 4.73. The van der Waals surface area contributed by atoms with Crippen molar-refractivity contribution in [1.82, 2.24) is 4.72 Å². The van der Waals surface area contributed by atoms with Crippen molar-refractivity contribution in [3.63, 3.8) is 0 Å². The van der Waals surface area contributed by atoms with Gasteiger partial charge in [-0.1, -0.05) is 6.42 Å². The number of hydrogen-bond acceptors (Lipinski definition) is 5. The van der Waals surface area contributed by atoms with Crippen LogP contribution in [0.25, 0.3) is 0 Å². The summed E-state index contributed by atoms with van der Waals surface area (Å²) in [6, 6.07) is 2.23. The standard InChI is InChI=1S/C12H16FN3O4S/c13-10-5-4-9(6-12(10)16(17)18)21(19,20)15-11-3-1-2-8(11)7-14/h4-6,8,11,15H,1-3,7,14H2. The highest BCUT2D eigenvalue weighted by molar-refractivity contribution is 7.89. The van der Waals surface area contributed by atoms with Crippen LogP contribution in [0.2, 0.25) is 0 Å². The van der Waals surface area contributed by atoms with E-state index in [1.54, 1.807) is 0 Å². The number of rotatable bonds is 5. The van der Waals surface area contributed by atoms with E-state index < -0.39 is 26.5 Å². The summed E-state index contributed by atoms with van der Waals surface area (Å²) < 4.78 is 40.2. The molecular weight excluding hydrogens is 301 g/mol. The number of nitrogens with zero attached hydrogens (tertiary/aromatic N) is 1. The van der Waals surface area contributed by atoms with Crippen molar-refractivity contribution in [2.75, 3.05) is 6.54 Å². The number of halogens is 1. The molecule has 1 aliphatic carbocycles. The van der Waals surface area contributed by atoms with E-state index in [1.807, 2.05) is 0 Å². The molecule has 9 heteroatoms. The van der Waals surface area contributed by atoms with Gasteiger partial charge in [-0.15, -0.1) is 0 Å². The number of nitro groups is 1. The molecule has 1 saturated carbocycles. The Morgan fingerprint density at radius 2 is 2.14 bits per heavy atom. The Bertz CT molecular complexity index is 650. The molecule has 2 rings (SSSR count). The summed E-state index contributed by atoms with van der Waals surface area (Å²) in [7, 11) is -3.94. The van der Waals surface area contributed by atoms with Gasteiger partial charge in [-0.05, 0) is 37.4 Å². The molecule has 1 aromatic rings. The van der Waals surface area contributed by atoms with Gasteiger partial charge in [0.25, 0.3) is 0 Å². The zero-order valence-corrected chi connectivity index (χ0v) is 12.0. The maximum absolute atomic E-state index is 13.3. The van der Waals surface area contributed by atoms with Gasteiger partial charge in [0.1, 0.15) is 0 Å². The average Bonchev–Trinajstić information content (AvgIpc) is 2.85. The minimum atomic E-state index is -3.94. The Balaban J connectivity index is 2.27. The quantitative estimate of drug-likeness (QED) is 0.624. The molecule has 0 aromatic heterocycles. The normalized spacial score (nSPS) is 22.4. The Morgan fingerprint density at radius 3 is 2.76 bits per heavy atom. The van der Waals surface area contributed by atoms with E-state index in [0.717, 1.165) is 31.0 Å². The van der Waals surface area contributed by atoms with E-state index >= 15 is 0 Å². The van der Waals surface area contributed by atoms with E-state index in [-0.39, 0.29) is 16.9 Å². The van der Waals surface area contributed by atoms with Crippen molar-refractivity contribution >= 4 is 15.7 Å². The van der Waals surface area contributed by atoms with E-state index in [2.05, 4.69) is 4.72 Å². The molecule has 2 unspecified atom stereocenters. The van der Waals surface area contributed by atoms with Crippen LogP contribution in [0, 0.1) is 21.8 Å². The first-order valence-electron chi connectivity index (χ1n) is 6.51. The Morgan fingerprint density at radius 1 is 1.43 bits per heavy atom. The minimum Gasteiger partial charge on any atom is -0.330 e. The molecule has 1 aromatic carbocycles. The molecule has 0 radical (unpaired) electrons. The number of sulfonamides is 1. The molecule has 3 N–H and O–H groups in total. The molecule has 0 heterocycles. The summed E-state index contributed by atoms with van der Waals surface area (Å²) in [5, 5.41) is 10.7. The fourth-order valence-electron chi connectivity index (χ4n) is 2.54. The average molecular weight is 317 g/mol. The van der Waals surface area contributed by atoms with Crippen molar-refractivity contribution in [2.24, 2.45) is 11.7 Å². The smallest absolute Gasteiger partial charge is 0.306 e. The second-order valence-electron chi connectivity index (χ2n) is 5.02. The lowest BCUT2D eigenvalue weighted by atomic mass is 10.1. The van der Waals surface area contributed by atoms with E-state index in [1.165, 1.54) is 0 Å². The van der Waals surface area contributed by atoms with Crippen LogP contribution in [0.1, 0.15) is 19.3 Å². The zero-order chi connectivity index (χ0) is 15.6. The van der Waals surface area contributed by atoms with Gasteiger partial charge in [0.05, 0.1) is 9.82 Å². The predicted octanol–water partition coefficient (Wildman–Crippen LogP) is 1.14. The van der Waals surface area contributed by atoms with Gasteiger partial charge < -0.3 is 5.73 Å². The first kappa shape index (κ1) is 15.8. The van der Waals surface area contributed by atoms with Crippen LogP contribution in [0.5, 0.6) is 0 Å². The van der Waals surface area contributed by atoms with E-state index in [0.29, 0.717) is 13.0 Å². The third-order valence-electron chi connectivity index (χ3n) is 3.69. The highest BCUT2D eigenvalue weighted by Crippen LogP contribution is 2.27.